The van der Waals surface area contributed by atoms with Gasteiger partial charge < -0.3 is 5.73 Å². The Hall–Kier alpha value is 0.420. The smallest absolute Gasteiger partial charge is 0.0995 e. The van der Waals surface area contributed by atoms with Gasteiger partial charge in [-0.3, -0.25) is 0 Å². The van der Waals surface area contributed by atoms with Crippen LogP contribution in [-0.2, 0) is 0 Å². The van der Waals surface area contributed by atoms with E-state index < -0.39 is 0 Å². The zero-order valence-electron chi connectivity index (χ0n) is 8.26. The molecule has 16 heavy (non-hydrogen) atoms. The number of nitrogens with two attached hydrogens (primary N) is 1. The molecule has 0 aromatic carbocycles. The molecule has 0 saturated heterocycles. The molecule has 0 aliphatic carbocycles. The van der Waals surface area contributed by atoms with E-state index in [9.17, 15) is 0 Å². The molecular weight excluding hydrogens is 349 g/mol. The summed E-state index contributed by atoms with van der Waals surface area (Å²) < 4.78 is 2.36. The van der Waals surface area contributed by atoms with Gasteiger partial charge in [0, 0.05) is 19.8 Å². The molecule has 1 unspecified atom stereocenters. The summed E-state index contributed by atoms with van der Waals surface area (Å²) in [7, 11) is 0. The summed E-state index contributed by atoms with van der Waals surface area (Å²) in [6, 6.07) is 3.67. The zero-order chi connectivity index (χ0) is 11.9. The van der Waals surface area contributed by atoms with Crippen LogP contribution in [0, 0.1) is 6.92 Å². The van der Waals surface area contributed by atoms with Gasteiger partial charge in [0.15, 0.2) is 0 Å². The molecule has 0 saturated carbocycles. The molecule has 2 rings (SSSR count). The molecule has 0 amide bonds. The maximum absolute atomic E-state index is 6.19. The van der Waals surface area contributed by atoms with Crippen LogP contribution in [0.15, 0.2) is 16.6 Å². The number of rotatable bonds is 2. The lowest BCUT2D eigenvalue weighted by atomic mass is 10.1. The van der Waals surface area contributed by atoms with E-state index in [1.807, 2.05) is 13.0 Å². The molecular formula is C10H8BrCl2NS2. The van der Waals surface area contributed by atoms with Gasteiger partial charge in [-0.05, 0) is 35.0 Å². The molecule has 2 N–H and O–H groups in total. The molecule has 0 spiro atoms. The third-order valence-electron chi connectivity index (χ3n) is 2.14. The quantitative estimate of drug-likeness (QED) is 0.782. The summed E-state index contributed by atoms with van der Waals surface area (Å²) in [6.45, 7) is 2.05. The van der Waals surface area contributed by atoms with Gasteiger partial charge >= 0.3 is 0 Å². The predicted octanol–water partition coefficient (Wildman–Crippen LogP) is 5.24. The largest absolute Gasteiger partial charge is 0.320 e. The van der Waals surface area contributed by atoms with Crippen molar-refractivity contribution >= 4 is 61.8 Å². The van der Waals surface area contributed by atoms with Crippen molar-refractivity contribution in [3.05, 3.63) is 40.6 Å². The van der Waals surface area contributed by atoms with E-state index in [1.54, 1.807) is 11.3 Å². The van der Waals surface area contributed by atoms with Crippen molar-refractivity contribution in [3.63, 3.8) is 0 Å². The fourth-order valence-corrected chi connectivity index (χ4v) is 4.89. The second kappa shape index (κ2) is 4.96. The third kappa shape index (κ3) is 2.47. The fourth-order valence-electron chi connectivity index (χ4n) is 1.42. The van der Waals surface area contributed by atoms with Gasteiger partial charge in [-0.1, -0.05) is 23.2 Å². The zero-order valence-corrected chi connectivity index (χ0v) is 13.0. The molecule has 0 radical (unpaired) electrons. The first-order chi connectivity index (χ1) is 7.49. The highest BCUT2D eigenvalue weighted by atomic mass is 79.9. The maximum atomic E-state index is 6.19. The average Bonchev–Trinajstić information content (AvgIpc) is 2.68. The van der Waals surface area contributed by atoms with Crippen molar-refractivity contribution in [3.8, 4) is 0 Å². The Balaban J connectivity index is 2.42. The standard InChI is InChI=1S/C10H8BrCl2NS2/c1-4-2-6(11)9(15-4)8(14)5-3-7(12)16-10(5)13/h2-3,8H,14H2,1H3. The first-order valence-electron chi connectivity index (χ1n) is 4.45. The fraction of sp³-hybridized carbons (Fsp3) is 0.200. The van der Waals surface area contributed by atoms with Crippen molar-refractivity contribution in [2.24, 2.45) is 5.73 Å². The lowest BCUT2D eigenvalue weighted by Gasteiger charge is -2.09. The van der Waals surface area contributed by atoms with Crippen molar-refractivity contribution < 1.29 is 0 Å². The highest BCUT2D eigenvalue weighted by Crippen LogP contribution is 2.40. The van der Waals surface area contributed by atoms with Crippen LogP contribution in [0.4, 0.5) is 0 Å². The molecule has 2 heterocycles. The van der Waals surface area contributed by atoms with Gasteiger partial charge in [-0.15, -0.1) is 22.7 Å². The van der Waals surface area contributed by atoms with Gasteiger partial charge in [-0.25, -0.2) is 0 Å². The number of thiophene rings is 2. The van der Waals surface area contributed by atoms with E-state index >= 15 is 0 Å². The first-order valence-corrected chi connectivity index (χ1v) is 7.63. The van der Waals surface area contributed by atoms with E-state index in [1.165, 1.54) is 16.2 Å². The van der Waals surface area contributed by atoms with Crippen molar-refractivity contribution in [2.45, 2.75) is 13.0 Å². The van der Waals surface area contributed by atoms with Crippen LogP contribution < -0.4 is 5.73 Å². The minimum atomic E-state index is -0.218. The van der Waals surface area contributed by atoms with Crippen molar-refractivity contribution in [1.29, 1.82) is 0 Å². The molecule has 0 fully saturated rings. The van der Waals surface area contributed by atoms with Crippen LogP contribution in [0.2, 0.25) is 8.67 Å². The molecule has 86 valence electrons. The van der Waals surface area contributed by atoms with Gasteiger partial charge in [0.1, 0.15) is 0 Å². The van der Waals surface area contributed by atoms with Crippen LogP contribution in [0.3, 0.4) is 0 Å². The van der Waals surface area contributed by atoms with Crippen LogP contribution in [0.5, 0.6) is 0 Å². The van der Waals surface area contributed by atoms with E-state index in [2.05, 4.69) is 22.0 Å². The Morgan fingerprint density at radius 1 is 1.31 bits per heavy atom. The molecule has 6 heteroatoms. The molecule has 1 nitrogen and oxygen atoms in total. The SMILES string of the molecule is Cc1cc(Br)c(C(N)c2cc(Cl)sc2Cl)s1. The van der Waals surface area contributed by atoms with Gasteiger partial charge in [0.25, 0.3) is 0 Å². The molecule has 0 aliphatic rings. The topological polar surface area (TPSA) is 26.0 Å². The Kier molecular flexibility index (Phi) is 3.99. The van der Waals surface area contributed by atoms with Crippen molar-refractivity contribution in [1.82, 2.24) is 0 Å². The molecule has 2 aromatic heterocycles. The second-order valence-corrected chi connectivity index (χ2v) is 7.75. The number of aryl methyl sites for hydroxylation is 1. The van der Waals surface area contributed by atoms with Crippen LogP contribution in [-0.4, -0.2) is 0 Å². The third-order valence-corrected chi connectivity index (χ3v) is 5.71. The molecule has 0 bridgehead atoms. The van der Waals surface area contributed by atoms with Crippen LogP contribution in [0.1, 0.15) is 21.4 Å². The van der Waals surface area contributed by atoms with E-state index in [0.29, 0.717) is 8.67 Å². The minimum Gasteiger partial charge on any atom is -0.320 e. The van der Waals surface area contributed by atoms with Crippen molar-refractivity contribution in [2.75, 3.05) is 0 Å². The highest BCUT2D eigenvalue weighted by molar-refractivity contribution is 9.10. The lowest BCUT2D eigenvalue weighted by molar-refractivity contribution is 0.895. The first kappa shape index (κ1) is 12.9. The second-order valence-electron chi connectivity index (χ2n) is 3.33. The lowest BCUT2D eigenvalue weighted by Crippen LogP contribution is -2.10. The number of halogens is 3. The van der Waals surface area contributed by atoms with Crippen LogP contribution >= 0.6 is 61.8 Å². The van der Waals surface area contributed by atoms with Gasteiger partial charge in [0.2, 0.25) is 0 Å². The van der Waals surface area contributed by atoms with Gasteiger partial charge in [-0.2, -0.15) is 0 Å². The molecule has 0 aliphatic heterocycles. The normalized spacial score (nSPS) is 13.1. The summed E-state index contributed by atoms with van der Waals surface area (Å²) in [4.78, 5) is 2.30. The van der Waals surface area contributed by atoms with Gasteiger partial charge in [0.05, 0.1) is 14.7 Å². The summed E-state index contributed by atoms with van der Waals surface area (Å²) in [5, 5.41) is 0. The molecule has 2 aromatic rings. The molecule has 1 atom stereocenters. The summed E-state index contributed by atoms with van der Waals surface area (Å²) >= 11 is 18.5. The Bertz CT molecular complexity index is 475. The Labute approximate surface area is 120 Å². The van der Waals surface area contributed by atoms with E-state index in [0.717, 1.165) is 14.9 Å². The maximum Gasteiger partial charge on any atom is 0.0995 e. The number of hydrogen-bond donors (Lipinski definition) is 1. The van der Waals surface area contributed by atoms with E-state index in [4.69, 9.17) is 28.9 Å². The Morgan fingerprint density at radius 3 is 2.44 bits per heavy atom. The Morgan fingerprint density at radius 2 is 2.00 bits per heavy atom. The summed E-state index contributed by atoms with van der Waals surface area (Å²) in [5.41, 5.74) is 7.08. The van der Waals surface area contributed by atoms with Crippen LogP contribution in [0.25, 0.3) is 0 Å². The summed E-state index contributed by atoms with van der Waals surface area (Å²) in [5.74, 6) is 0. The highest BCUT2D eigenvalue weighted by Gasteiger charge is 2.19. The van der Waals surface area contributed by atoms with E-state index in [-0.39, 0.29) is 6.04 Å². The minimum absolute atomic E-state index is 0.218. The monoisotopic (exact) mass is 355 g/mol. The number of hydrogen-bond acceptors (Lipinski definition) is 3. The predicted molar refractivity (Wildman–Crippen MR) is 77.1 cm³/mol. The average molecular weight is 357 g/mol. The summed E-state index contributed by atoms with van der Waals surface area (Å²) in [6.07, 6.45) is 0.